The SMILES string of the molecule is O=C(CC(Br)C(Br)c1ccccc1)CC(Br)C(Br)c1ccccc1. The van der Waals surface area contributed by atoms with Gasteiger partial charge < -0.3 is 0 Å². The van der Waals surface area contributed by atoms with E-state index >= 15 is 0 Å². The number of carbonyl (C=O) groups is 1. The summed E-state index contributed by atoms with van der Waals surface area (Å²) in [5, 5.41) is 0. The molecule has 0 bridgehead atoms. The standard InChI is InChI=1S/C19H18Br4O/c20-16(18(22)13-7-3-1-4-8-13)11-15(24)12-17(21)19(23)14-9-5-2-6-10-14/h1-10,16-19H,11-12H2. The second-order valence-electron chi connectivity index (χ2n) is 5.60. The number of ketones is 1. The van der Waals surface area contributed by atoms with Crippen molar-refractivity contribution in [3.8, 4) is 0 Å². The molecular weight excluding hydrogens is 564 g/mol. The average Bonchev–Trinajstić information content (AvgIpc) is 2.61. The van der Waals surface area contributed by atoms with Crippen LogP contribution in [-0.2, 0) is 4.79 Å². The van der Waals surface area contributed by atoms with Crippen LogP contribution in [0.2, 0.25) is 0 Å². The van der Waals surface area contributed by atoms with E-state index in [4.69, 9.17) is 0 Å². The zero-order chi connectivity index (χ0) is 17.5. The van der Waals surface area contributed by atoms with Crippen molar-refractivity contribution in [2.75, 3.05) is 0 Å². The summed E-state index contributed by atoms with van der Waals surface area (Å²) in [5.74, 6) is 0.236. The summed E-state index contributed by atoms with van der Waals surface area (Å²) in [4.78, 5) is 12.8. The zero-order valence-electron chi connectivity index (χ0n) is 12.9. The van der Waals surface area contributed by atoms with Crippen LogP contribution >= 0.6 is 63.7 Å². The first kappa shape index (κ1) is 20.3. The summed E-state index contributed by atoms with van der Waals surface area (Å²) in [6.07, 6.45) is 0.975. The van der Waals surface area contributed by atoms with Crippen LogP contribution in [0, 0.1) is 0 Å². The summed E-state index contributed by atoms with van der Waals surface area (Å²) in [7, 11) is 0. The number of hydrogen-bond donors (Lipinski definition) is 0. The summed E-state index contributed by atoms with van der Waals surface area (Å²) >= 11 is 14.7. The number of rotatable bonds is 8. The molecule has 0 aliphatic carbocycles. The van der Waals surface area contributed by atoms with Gasteiger partial charge in [-0.15, -0.1) is 0 Å². The Balaban J connectivity index is 1.88. The summed E-state index contributed by atoms with van der Waals surface area (Å²) in [5.41, 5.74) is 2.34. The molecule has 24 heavy (non-hydrogen) atoms. The van der Waals surface area contributed by atoms with Crippen LogP contribution in [0.1, 0.15) is 33.6 Å². The third-order valence-electron chi connectivity index (χ3n) is 3.72. The first-order valence-electron chi connectivity index (χ1n) is 7.67. The molecule has 0 radical (unpaired) electrons. The molecule has 5 heteroatoms. The van der Waals surface area contributed by atoms with Gasteiger partial charge in [-0.2, -0.15) is 0 Å². The van der Waals surface area contributed by atoms with Gasteiger partial charge in [0.2, 0.25) is 0 Å². The monoisotopic (exact) mass is 578 g/mol. The average molecular weight is 582 g/mol. The van der Waals surface area contributed by atoms with Crippen molar-refractivity contribution >= 4 is 69.5 Å². The molecule has 4 atom stereocenters. The van der Waals surface area contributed by atoms with Gasteiger partial charge in [0.25, 0.3) is 0 Å². The lowest BCUT2D eigenvalue weighted by Crippen LogP contribution is -2.18. The predicted molar refractivity (Wildman–Crippen MR) is 116 cm³/mol. The van der Waals surface area contributed by atoms with Crippen molar-refractivity contribution < 1.29 is 4.79 Å². The molecule has 0 aromatic heterocycles. The molecule has 0 aliphatic rings. The fourth-order valence-electron chi connectivity index (χ4n) is 2.42. The van der Waals surface area contributed by atoms with Gasteiger partial charge in [0.15, 0.2) is 0 Å². The lowest BCUT2D eigenvalue weighted by molar-refractivity contribution is -0.118. The van der Waals surface area contributed by atoms with Crippen molar-refractivity contribution in [3.63, 3.8) is 0 Å². The van der Waals surface area contributed by atoms with E-state index in [0.717, 1.165) is 0 Å². The van der Waals surface area contributed by atoms with Crippen LogP contribution in [0.4, 0.5) is 0 Å². The second kappa shape index (κ2) is 10.2. The van der Waals surface area contributed by atoms with E-state index in [-0.39, 0.29) is 25.1 Å². The maximum Gasteiger partial charge on any atom is 0.135 e. The Morgan fingerprint density at radius 1 is 0.667 bits per heavy atom. The third kappa shape index (κ3) is 6.08. The van der Waals surface area contributed by atoms with Crippen LogP contribution in [0.25, 0.3) is 0 Å². The maximum atomic E-state index is 12.4. The van der Waals surface area contributed by atoms with E-state index < -0.39 is 0 Å². The van der Waals surface area contributed by atoms with E-state index in [1.165, 1.54) is 11.1 Å². The number of Topliss-reactive ketones (excluding diaryl/α,β-unsaturated/α-hetero) is 1. The molecule has 0 amide bonds. The topological polar surface area (TPSA) is 17.1 Å². The van der Waals surface area contributed by atoms with Crippen molar-refractivity contribution in [2.24, 2.45) is 0 Å². The highest BCUT2D eigenvalue weighted by Crippen LogP contribution is 2.36. The van der Waals surface area contributed by atoms with Gasteiger partial charge in [0.05, 0.1) is 9.65 Å². The van der Waals surface area contributed by atoms with E-state index in [1.54, 1.807) is 0 Å². The minimum Gasteiger partial charge on any atom is -0.300 e. The molecule has 1 nitrogen and oxygen atoms in total. The number of benzene rings is 2. The number of halogens is 4. The lowest BCUT2D eigenvalue weighted by Gasteiger charge is -2.19. The Morgan fingerprint density at radius 2 is 1.00 bits per heavy atom. The Labute approximate surface area is 177 Å². The van der Waals surface area contributed by atoms with Crippen LogP contribution in [-0.4, -0.2) is 15.4 Å². The van der Waals surface area contributed by atoms with Crippen molar-refractivity contribution in [1.82, 2.24) is 0 Å². The molecule has 0 saturated heterocycles. The quantitative estimate of drug-likeness (QED) is 0.303. The molecule has 0 aliphatic heterocycles. The normalized spacial score (nSPS) is 16.2. The number of carbonyl (C=O) groups excluding carboxylic acids is 1. The Hall–Kier alpha value is 0.0300. The van der Waals surface area contributed by atoms with Gasteiger partial charge in [-0.25, -0.2) is 0 Å². The van der Waals surface area contributed by atoms with Gasteiger partial charge in [-0.3, -0.25) is 4.79 Å². The van der Waals surface area contributed by atoms with Gasteiger partial charge >= 0.3 is 0 Å². The van der Waals surface area contributed by atoms with Crippen molar-refractivity contribution in [3.05, 3.63) is 71.8 Å². The van der Waals surface area contributed by atoms with E-state index in [0.29, 0.717) is 12.8 Å². The Kier molecular flexibility index (Phi) is 8.68. The molecule has 0 N–H and O–H groups in total. The molecule has 2 rings (SSSR count). The second-order valence-corrected chi connectivity index (χ2v) is 9.93. The van der Waals surface area contributed by atoms with Gasteiger partial charge in [-0.05, 0) is 11.1 Å². The molecule has 4 unspecified atom stereocenters. The highest BCUT2D eigenvalue weighted by molar-refractivity contribution is 9.12. The molecule has 0 spiro atoms. The van der Waals surface area contributed by atoms with E-state index in [1.807, 2.05) is 36.4 Å². The van der Waals surface area contributed by atoms with Crippen LogP contribution in [0.5, 0.6) is 0 Å². The number of alkyl halides is 4. The van der Waals surface area contributed by atoms with Crippen LogP contribution in [0.15, 0.2) is 60.7 Å². The predicted octanol–water partition coefficient (Wildman–Crippen LogP) is 7.14. The van der Waals surface area contributed by atoms with E-state index in [2.05, 4.69) is 88.0 Å². The van der Waals surface area contributed by atoms with E-state index in [9.17, 15) is 4.79 Å². The van der Waals surface area contributed by atoms with Crippen LogP contribution < -0.4 is 0 Å². The number of hydrogen-bond acceptors (Lipinski definition) is 1. The minimum absolute atomic E-state index is 0.0672. The fraction of sp³-hybridized carbons (Fsp3) is 0.316. The summed E-state index contributed by atoms with van der Waals surface area (Å²) < 4.78 is 0. The maximum absolute atomic E-state index is 12.4. The lowest BCUT2D eigenvalue weighted by atomic mass is 10.0. The fourth-order valence-corrected chi connectivity index (χ4v) is 4.73. The Bertz CT molecular complexity index is 577. The highest BCUT2D eigenvalue weighted by Gasteiger charge is 2.25. The molecule has 128 valence electrons. The Morgan fingerprint density at radius 3 is 1.33 bits per heavy atom. The van der Waals surface area contributed by atoms with Gasteiger partial charge in [-0.1, -0.05) is 124 Å². The first-order chi connectivity index (χ1) is 11.5. The molecule has 0 fully saturated rings. The smallest absolute Gasteiger partial charge is 0.135 e. The van der Waals surface area contributed by atoms with Gasteiger partial charge in [0.1, 0.15) is 5.78 Å². The first-order valence-corrected chi connectivity index (χ1v) is 11.3. The molecule has 2 aromatic rings. The highest BCUT2D eigenvalue weighted by atomic mass is 79.9. The molecule has 0 saturated carbocycles. The molecule has 2 aromatic carbocycles. The summed E-state index contributed by atoms with van der Waals surface area (Å²) in [6.45, 7) is 0. The van der Waals surface area contributed by atoms with Crippen molar-refractivity contribution in [2.45, 2.75) is 32.2 Å². The minimum atomic E-state index is 0.0672. The van der Waals surface area contributed by atoms with Crippen molar-refractivity contribution in [1.29, 1.82) is 0 Å². The van der Waals surface area contributed by atoms with Crippen LogP contribution in [0.3, 0.4) is 0 Å². The molecular formula is C19H18Br4O. The largest absolute Gasteiger partial charge is 0.300 e. The third-order valence-corrected chi connectivity index (χ3v) is 9.17. The summed E-state index contributed by atoms with van der Waals surface area (Å²) in [6, 6.07) is 20.3. The zero-order valence-corrected chi connectivity index (χ0v) is 19.3. The molecule has 0 heterocycles. The van der Waals surface area contributed by atoms with Gasteiger partial charge in [0, 0.05) is 22.5 Å².